The van der Waals surface area contributed by atoms with E-state index < -0.39 is 0 Å². The van der Waals surface area contributed by atoms with Gasteiger partial charge in [-0.1, -0.05) is 0 Å². The molecule has 2 aliphatic heterocycles. The number of carbonyl (C=O) groups is 1. The zero-order valence-electron chi connectivity index (χ0n) is 10.6. The Morgan fingerprint density at radius 1 is 1.06 bits per heavy atom. The van der Waals surface area contributed by atoms with Gasteiger partial charge in [-0.25, -0.2) is 4.79 Å². The highest BCUT2D eigenvalue weighted by atomic mass is 16.2. The summed E-state index contributed by atoms with van der Waals surface area (Å²) in [4.78, 5) is 16.2. The first-order valence-electron chi connectivity index (χ1n) is 6.82. The van der Waals surface area contributed by atoms with Crippen LogP contribution in [0.5, 0.6) is 0 Å². The quantitative estimate of drug-likeness (QED) is 0.735. The van der Waals surface area contributed by atoms with E-state index in [1.807, 2.05) is 4.90 Å². The van der Waals surface area contributed by atoms with Gasteiger partial charge >= 0.3 is 6.03 Å². The fraction of sp³-hybridized carbons (Fsp3) is 0.917. The fourth-order valence-electron chi connectivity index (χ4n) is 2.46. The second-order valence-corrected chi connectivity index (χ2v) is 4.87. The summed E-state index contributed by atoms with van der Waals surface area (Å²) in [5.41, 5.74) is 0. The van der Waals surface area contributed by atoms with Crippen LogP contribution in [0, 0.1) is 0 Å². The van der Waals surface area contributed by atoms with Crippen molar-refractivity contribution in [3.63, 3.8) is 0 Å². The van der Waals surface area contributed by atoms with Crippen LogP contribution in [0.4, 0.5) is 4.79 Å². The molecule has 2 aliphatic rings. The maximum absolute atomic E-state index is 11.8. The second-order valence-electron chi connectivity index (χ2n) is 4.87. The minimum absolute atomic E-state index is 0.125. The second kappa shape index (κ2) is 6.81. The highest BCUT2D eigenvalue weighted by molar-refractivity contribution is 5.74. The smallest absolute Gasteiger partial charge is 0.317 e. The summed E-state index contributed by atoms with van der Waals surface area (Å²) < 4.78 is 0. The SMILES string of the molecule is O=C(NCCN1CCNCC1)N1CCCCC1. The molecule has 0 aromatic rings. The molecule has 98 valence electrons. The lowest BCUT2D eigenvalue weighted by molar-refractivity contribution is 0.182. The van der Waals surface area contributed by atoms with E-state index in [1.165, 1.54) is 6.42 Å². The van der Waals surface area contributed by atoms with Gasteiger partial charge in [0.2, 0.25) is 0 Å². The molecule has 0 aromatic heterocycles. The number of rotatable bonds is 3. The van der Waals surface area contributed by atoms with Crippen molar-refractivity contribution in [2.24, 2.45) is 0 Å². The number of urea groups is 1. The molecule has 2 rings (SSSR count). The van der Waals surface area contributed by atoms with Gasteiger partial charge in [-0.15, -0.1) is 0 Å². The van der Waals surface area contributed by atoms with E-state index >= 15 is 0 Å². The predicted octanol–water partition coefficient (Wildman–Crippen LogP) is 0.0871. The molecule has 2 saturated heterocycles. The summed E-state index contributed by atoms with van der Waals surface area (Å²) in [6.07, 6.45) is 3.58. The maximum Gasteiger partial charge on any atom is 0.317 e. The first-order chi connectivity index (χ1) is 8.36. The van der Waals surface area contributed by atoms with Gasteiger partial charge in [0.1, 0.15) is 0 Å². The first kappa shape index (κ1) is 12.6. The molecule has 0 unspecified atom stereocenters. The summed E-state index contributed by atoms with van der Waals surface area (Å²) in [6.45, 7) is 7.94. The molecule has 0 aliphatic carbocycles. The van der Waals surface area contributed by atoms with Crippen LogP contribution in [-0.4, -0.2) is 68.2 Å². The standard InChI is InChI=1S/C12H24N4O/c17-12(16-7-2-1-3-8-16)14-6-11-15-9-4-13-5-10-15/h13H,1-11H2,(H,14,17). The van der Waals surface area contributed by atoms with Crippen LogP contribution in [0.1, 0.15) is 19.3 Å². The third-order valence-corrected chi connectivity index (χ3v) is 3.56. The van der Waals surface area contributed by atoms with E-state index in [0.29, 0.717) is 0 Å². The third kappa shape index (κ3) is 4.16. The lowest BCUT2D eigenvalue weighted by atomic mass is 10.1. The minimum atomic E-state index is 0.125. The Morgan fingerprint density at radius 2 is 1.76 bits per heavy atom. The van der Waals surface area contributed by atoms with Gasteiger partial charge in [-0.3, -0.25) is 4.90 Å². The third-order valence-electron chi connectivity index (χ3n) is 3.56. The molecule has 17 heavy (non-hydrogen) atoms. The van der Waals surface area contributed by atoms with Gasteiger partial charge in [0.25, 0.3) is 0 Å². The van der Waals surface area contributed by atoms with Crippen molar-refractivity contribution in [3.05, 3.63) is 0 Å². The summed E-state index contributed by atoms with van der Waals surface area (Å²) in [5.74, 6) is 0. The number of nitrogens with one attached hydrogen (secondary N) is 2. The topological polar surface area (TPSA) is 47.6 Å². The van der Waals surface area contributed by atoms with Crippen LogP contribution in [0.2, 0.25) is 0 Å². The van der Waals surface area contributed by atoms with E-state index in [0.717, 1.165) is 65.2 Å². The number of amides is 2. The Labute approximate surface area is 104 Å². The van der Waals surface area contributed by atoms with Crippen molar-refractivity contribution in [2.75, 3.05) is 52.4 Å². The number of likely N-dealkylation sites (tertiary alicyclic amines) is 1. The van der Waals surface area contributed by atoms with E-state index in [4.69, 9.17) is 0 Å². The normalized spacial score (nSPS) is 22.5. The van der Waals surface area contributed by atoms with E-state index in [9.17, 15) is 4.79 Å². The van der Waals surface area contributed by atoms with E-state index in [1.54, 1.807) is 0 Å². The van der Waals surface area contributed by atoms with Crippen LogP contribution >= 0.6 is 0 Å². The van der Waals surface area contributed by atoms with Crippen LogP contribution < -0.4 is 10.6 Å². The zero-order chi connectivity index (χ0) is 11.9. The molecular weight excluding hydrogens is 216 g/mol. The molecule has 2 heterocycles. The monoisotopic (exact) mass is 240 g/mol. The van der Waals surface area contributed by atoms with Gasteiger partial charge in [-0.2, -0.15) is 0 Å². The van der Waals surface area contributed by atoms with Crippen molar-refractivity contribution in [1.29, 1.82) is 0 Å². The molecule has 0 atom stereocenters. The molecule has 5 heteroatoms. The zero-order valence-corrected chi connectivity index (χ0v) is 10.6. The molecule has 0 radical (unpaired) electrons. The number of hydrogen-bond acceptors (Lipinski definition) is 3. The molecule has 0 spiro atoms. The van der Waals surface area contributed by atoms with Crippen LogP contribution in [0.15, 0.2) is 0 Å². The predicted molar refractivity (Wildman–Crippen MR) is 68.1 cm³/mol. The lowest BCUT2D eigenvalue weighted by Crippen LogP contribution is -2.48. The Bertz CT molecular complexity index is 235. The van der Waals surface area contributed by atoms with Crippen LogP contribution in [0.25, 0.3) is 0 Å². The first-order valence-corrected chi connectivity index (χ1v) is 6.82. The summed E-state index contributed by atoms with van der Waals surface area (Å²) in [7, 11) is 0. The average molecular weight is 240 g/mol. The fourth-order valence-corrected chi connectivity index (χ4v) is 2.46. The maximum atomic E-state index is 11.8. The molecular formula is C12H24N4O. The highest BCUT2D eigenvalue weighted by Gasteiger charge is 2.16. The summed E-state index contributed by atoms with van der Waals surface area (Å²) >= 11 is 0. The molecule has 2 N–H and O–H groups in total. The van der Waals surface area contributed by atoms with Crippen molar-refractivity contribution in [3.8, 4) is 0 Å². The van der Waals surface area contributed by atoms with Crippen molar-refractivity contribution in [2.45, 2.75) is 19.3 Å². The van der Waals surface area contributed by atoms with Crippen molar-refractivity contribution < 1.29 is 4.79 Å². The number of nitrogens with zero attached hydrogens (tertiary/aromatic N) is 2. The number of piperazine rings is 1. The Hall–Kier alpha value is -0.810. The van der Waals surface area contributed by atoms with Crippen LogP contribution in [0.3, 0.4) is 0 Å². The number of hydrogen-bond donors (Lipinski definition) is 2. The van der Waals surface area contributed by atoms with E-state index in [-0.39, 0.29) is 6.03 Å². The lowest BCUT2D eigenvalue weighted by Gasteiger charge is -2.29. The summed E-state index contributed by atoms with van der Waals surface area (Å²) in [6, 6.07) is 0.125. The molecule has 0 aromatic carbocycles. The molecule has 0 saturated carbocycles. The van der Waals surface area contributed by atoms with Gasteiger partial charge in [-0.05, 0) is 19.3 Å². The summed E-state index contributed by atoms with van der Waals surface area (Å²) in [5, 5.41) is 6.35. The minimum Gasteiger partial charge on any atom is -0.337 e. The molecule has 2 amide bonds. The largest absolute Gasteiger partial charge is 0.337 e. The van der Waals surface area contributed by atoms with Gasteiger partial charge in [0, 0.05) is 52.4 Å². The number of carbonyl (C=O) groups excluding carboxylic acids is 1. The Balaban J connectivity index is 1.58. The average Bonchev–Trinajstić information content (AvgIpc) is 2.41. The Morgan fingerprint density at radius 3 is 2.47 bits per heavy atom. The molecule has 5 nitrogen and oxygen atoms in total. The van der Waals surface area contributed by atoms with Crippen molar-refractivity contribution in [1.82, 2.24) is 20.4 Å². The van der Waals surface area contributed by atoms with Crippen molar-refractivity contribution >= 4 is 6.03 Å². The van der Waals surface area contributed by atoms with Crippen LogP contribution in [-0.2, 0) is 0 Å². The van der Waals surface area contributed by atoms with Gasteiger partial charge < -0.3 is 15.5 Å². The molecule has 2 fully saturated rings. The highest BCUT2D eigenvalue weighted by Crippen LogP contribution is 2.08. The van der Waals surface area contributed by atoms with Gasteiger partial charge in [0.05, 0.1) is 0 Å². The van der Waals surface area contributed by atoms with E-state index in [2.05, 4.69) is 15.5 Å². The Kier molecular flexibility index (Phi) is 5.07. The van der Waals surface area contributed by atoms with Gasteiger partial charge in [0.15, 0.2) is 0 Å². The number of piperidine rings is 1. The molecule has 0 bridgehead atoms.